The Morgan fingerprint density at radius 1 is 1.35 bits per heavy atom. The van der Waals surface area contributed by atoms with Crippen LogP contribution in [0.5, 0.6) is 0 Å². The number of carbonyl (C=O) groups is 3. The second-order valence-electron chi connectivity index (χ2n) is 4.53. The Bertz CT molecular complexity index is 312. The summed E-state index contributed by atoms with van der Waals surface area (Å²) in [4.78, 5) is 32.8. The van der Waals surface area contributed by atoms with Crippen molar-refractivity contribution in [3.8, 4) is 0 Å². The number of amides is 2. The Morgan fingerprint density at radius 2 is 1.88 bits per heavy atom. The highest BCUT2D eigenvalue weighted by Gasteiger charge is 2.22. The van der Waals surface area contributed by atoms with Crippen molar-refractivity contribution in [2.45, 2.75) is 38.0 Å². The van der Waals surface area contributed by atoms with Gasteiger partial charge in [-0.2, -0.15) is 0 Å². The van der Waals surface area contributed by atoms with Crippen LogP contribution in [0.4, 0.5) is 0 Å². The van der Waals surface area contributed by atoms with Crippen molar-refractivity contribution < 1.29 is 19.5 Å². The molecule has 0 saturated heterocycles. The van der Waals surface area contributed by atoms with Crippen molar-refractivity contribution in [3.05, 3.63) is 0 Å². The van der Waals surface area contributed by atoms with Crippen LogP contribution in [0, 0.1) is 0 Å². The van der Waals surface area contributed by atoms with E-state index in [0.29, 0.717) is 0 Å². The van der Waals surface area contributed by atoms with E-state index in [-0.39, 0.29) is 10.5 Å². The van der Waals surface area contributed by atoms with Crippen molar-refractivity contribution in [1.29, 1.82) is 0 Å². The van der Waals surface area contributed by atoms with E-state index in [2.05, 4.69) is 5.32 Å². The molecule has 0 spiro atoms. The molecule has 17 heavy (non-hydrogen) atoms. The molecule has 0 aromatic carbocycles. The van der Waals surface area contributed by atoms with E-state index in [9.17, 15) is 14.4 Å². The Kier molecular flexibility index (Phi) is 6.01. The lowest BCUT2D eigenvalue weighted by molar-refractivity contribution is -0.143. The van der Waals surface area contributed by atoms with Crippen molar-refractivity contribution >= 4 is 29.5 Å². The molecule has 4 N–H and O–H groups in total. The van der Waals surface area contributed by atoms with E-state index in [1.54, 1.807) is 0 Å². The van der Waals surface area contributed by atoms with Crippen LogP contribution in [0.3, 0.4) is 0 Å². The SMILES string of the molecule is CC(C)(C)SCC(=O)N[C@@H](CC(N)=O)C(=O)O. The molecule has 0 aliphatic heterocycles. The summed E-state index contributed by atoms with van der Waals surface area (Å²) >= 11 is 1.39. The third-order valence-corrected chi connectivity index (χ3v) is 2.95. The minimum Gasteiger partial charge on any atom is -0.480 e. The van der Waals surface area contributed by atoms with E-state index in [1.807, 2.05) is 20.8 Å². The quantitative estimate of drug-likeness (QED) is 0.622. The van der Waals surface area contributed by atoms with E-state index in [1.165, 1.54) is 11.8 Å². The van der Waals surface area contributed by atoms with Crippen LogP contribution in [0.1, 0.15) is 27.2 Å². The van der Waals surface area contributed by atoms with Crippen molar-refractivity contribution in [3.63, 3.8) is 0 Å². The molecule has 0 aromatic rings. The third-order valence-electron chi connectivity index (χ3n) is 1.67. The Morgan fingerprint density at radius 3 is 2.24 bits per heavy atom. The summed E-state index contributed by atoms with van der Waals surface area (Å²) in [5, 5.41) is 11.0. The number of hydrogen-bond donors (Lipinski definition) is 3. The maximum atomic E-state index is 11.4. The lowest BCUT2D eigenvalue weighted by Crippen LogP contribution is -2.44. The second-order valence-corrected chi connectivity index (χ2v) is 6.33. The van der Waals surface area contributed by atoms with Crippen molar-refractivity contribution in [1.82, 2.24) is 5.32 Å². The van der Waals surface area contributed by atoms with Gasteiger partial charge in [0.25, 0.3) is 0 Å². The number of carboxylic acids is 1. The standard InChI is InChI=1S/C10H18N2O4S/c1-10(2,3)17-5-8(14)12-6(9(15)16)4-7(11)13/h6H,4-5H2,1-3H3,(H2,11,13)(H,12,14)(H,15,16)/t6-/m0/s1. The summed E-state index contributed by atoms with van der Waals surface area (Å²) in [6.07, 6.45) is -0.402. The fourth-order valence-electron chi connectivity index (χ4n) is 0.919. The number of nitrogens with two attached hydrogens (primary N) is 1. The first-order valence-electron chi connectivity index (χ1n) is 5.06. The lowest BCUT2D eigenvalue weighted by Gasteiger charge is -2.18. The van der Waals surface area contributed by atoms with Crippen LogP contribution < -0.4 is 11.1 Å². The zero-order valence-corrected chi connectivity index (χ0v) is 11.0. The number of nitrogens with one attached hydrogen (secondary N) is 1. The summed E-state index contributed by atoms with van der Waals surface area (Å²) in [5.74, 6) is -2.30. The number of carbonyl (C=O) groups excluding carboxylic acids is 2. The molecule has 0 aromatic heterocycles. The first-order chi connectivity index (χ1) is 7.61. The summed E-state index contributed by atoms with van der Waals surface area (Å²) in [5.41, 5.74) is 4.89. The zero-order valence-electron chi connectivity index (χ0n) is 10.1. The minimum absolute atomic E-state index is 0.0836. The number of hydrogen-bond acceptors (Lipinski definition) is 4. The molecule has 0 saturated carbocycles. The molecule has 2 amide bonds. The van der Waals surface area contributed by atoms with Gasteiger partial charge < -0.3 is 16.2 Å². The Balaban J connectivity index is 4.22. The molecule has 6 nitrogen and oxygen atoms in total. The smallest absolute Gasteiger partial charge is 0.326 e. The molecule has 0 aliphatic rings. The molecule has 0 aliphatic carbocycles. The van der Waals surface area contributed by atoms with Gasteiger partial charge in [-0.25, -0.2) is 4.79 Å². The molecule has 0 radical (unpaired) electrons. The van der Waals surface area contributed by atoms with Gasteiger partial charge in [0.05, 0.1) is 12.2 Å². The highest BCUT2D eigenvalue weighted by atomic mass is 32.2. The Labute approximate surface area is 104 Å². The fourth-order valence-corrected chi connectivity index (χ4v) is 1.57. The van der Waals surface area contributed by atoms with Gasteiger partial charge >= 0.3 is 5.97 Å². The first-order valence-corrected chi connectivity index (χ1v) is 6.05. The molecule has 7 heteroatoms. The van der Waals surface area contributed by atoms with Crippen molar-refractivity contribution in [2.75, 3.05) is 5.75 Å². The largest absolute Gasteiger partial charge is 0.480 e. The summed E-state index contributed by atoms with van der Waals surface area (Å²) in [6, 6.07) is -1.25. The van der Waals surface area contributed by atoms with E-state index in [0.717, 1.165) is 0 Å². The van der Waals surface area contributed by atoms with Crippen LogP contribution in [0.25, 0.3) is 0 Å². The molecule has 0 fully saturated rings. The molecule has 0 unspecified atom stereocenters. The van der Waals surface area contributed by atoms with Crippen LogP contribution >= 0.6 is 11.8 Å². The van der Waals surface area contributed by atoms with Gasteiger partial charge in [0.2, 0.25) is 11.8 Å². The van der Waals surface area contributed by atoms with Crippen LogP contribution in [0.15, 0.2) is 0 Å². The van der Waals surface area contributed by atoms with Gasteiger partial charge in [0, 0.05) is 4.75 Å². The van der Waals surface area contributed by atoms with Gasteiger partial charge in [0.1, 0.15) is 6.04 Å². The van der Waals surface area contributed by atoms with Gasteiger partial charge in [0.15, 0.2) is 0 Å². The average molecular weight is 262 g/mol. The van der Waals surface area contributed by atoms with Crippen LogP contribution in [-0.4, -0.2) is 39.4 Å². The molecule has 0 rings (SSSR count). The zero-order chi connectivity index (χ0) is 13.6. The summed E-state index contributed by atoms with van der Waals surface area (Å²) < 4.78 is -0.0836. The molecule has 1 atom stereocenters. The van der Waals surface area contributed by atoms with Crippen molar-refractivity contribution in [2.24, 2.45) is 5.73 Å². The molecule has 98 valence electrons. The maximum Gasteiger partial charge on any atom is 0.326 e. The highest BCUT2D eigenvalue weighted by Crippen LogP contribution is 2.22. The molecular weight excluding hydrogens is 244 g/mol. The monoisotopic (exact) mass is 262 g/mol. The van der Waals surface area contributed by atoms with Gasteiger partial charge in [-0.3, -0.25) is 9.59 Å². The topological polar surface area (TPSA) is 109 Å². The second kappa shape index (κ2) is 6.48. The lowest BCUT2D eigenvalue weighted by atomic mass is 10.2. The fraction of sp³-hybridized carbons (Fsp3) is 0.700. The highest BCUT2D eigenvalue weighted by molar-refractivity contribution is 8.01. The predicted octanol–water partition coefficient (Wildman–Crippen LogP) is -0.0371. The van der Waals surface area contributed by atoms with Crippen LogP contribution in [0.2, 0.25) is 0 Å². The van der Waals surface area contributed by atoms with E-state index >= 15 is 0 Å². The van der Waals surface area contributed by atoms with E-state index in [4.69, 9.17) is 10.8 Å². The number of carboxylic acid groups (broad SMARTS) is 1. The average Bonchev–Trinajstić information content (AvgIpc) is 2.11. The van der Waals surface area contributed by atoms with Gasteiger partial charge in [-0.15, -0.1) is 11.8 Å². The third kappa shape index (κ3) is 8.56. The number of primary amides is 1. The number of thioether (sulfide) groups is 1. The summed E-state index contributed by atoms with van der Waals surface area (Å²) in [6.45, 7) is 5.84. The van der Waals surface area contributed by atoms with E-state index < -0.39 is 30.2 Å². The predicted molar refractivity (Wildman–Crippen MR) is 65.6 cm³/mol. The van der Waals surface area contributed by atoms with Crippen LogP contribution in [-0.2, 0) is 14.4 Å². The maximum absolute atomic E-state index is 11.4. The molecule has 0 heterocycles. The number of rotatable bonds is 6. The van der Waals surface area contributed by atoms with Gasteiger partial charge in [-0.1, -0.05) is 20.8 Å². The molecular formula is C10H18N2O4S. The Hall–Kier alpha value is -1.24. The van der Waals surface area contributed by atoms with Gasteiger partial charge in [-0.05, 0) is 0 Å². The summed E-state index contributed by atoms with van der Waals surface area (Å²) in [7, 11) is 0. The minimum atomic E-state index is -1.27. The normalized spacial score (nSPS) is 12.9. The molecule has 0 bridgehead atoms. The first kappa shape index (κ1) is 15.8. The number of aliphatic carboxylic acids is 1.